The SMILES string of the molecule is CNCCCC[C@H](NC)C(=O)C[C@@H](CCCCNC(=O)[C@H](CCCCNC)NC)C(=O)NCCC(C)=O. The monoisotopic (exact) mass is 526 g/mol. The van der Waals surface area contributed by atoms with Crippen molar-refractivity contribution in [1.82, 2.24) is 31.9 Å². The quantitative estimate of drug-likeness (QED) is 0.0965. The summed E-state index contributed by atoms with van der Waals surface area (Å²) in [6, 6.07) is -0.476. The molecule has 0 aliphatic heterocycles. The van der Waals surface area contributed by atoms with E-state index >= 15 is 0 Å². The first-order valence-electron chi connectivity index (χ1n) is 14.0. The summed E-state index contributed by atoms with van der Waals surface area (Å²) in [7, 11) is 7.41. The van der Waals surface area contributed by atoms with Crippen LogP contribution in [0.5, 0.6) is 0 Å². The van der Waals surface area contributed by atoms with Gasteiger partial charge in [0, 0.05) is 31.8 Å². The van der Waals surface area contributed by atoms with Crippen LogP contribution in [0.3, 0.4) is 0 Å². The van der Waals surface area contributed by atoms with Gasteiger partial charge in [-0.05, 0) is 86.7 Å². The van der Waals surface area contributed by atoms with Gasteiger partial charge in [-0.1, -0.05) is 19.3 Å². The largest absolute Gasteiger partial charge is 0.355 e. The molecule has 0 radical (unpaired) electrons. The molecule has 216 valence electrons. The fourth-order valence-electron chi connectivity index (χ4n) is 4.24. The zero-order chi connectivity index (χ0) is 27.9. The summed E-state index contributed by atoms with van der Waals surface area (Å²) in [5.41, 5.74) is 0. The number of amides is 2. The predicted molar refractivity (Wildman–Crippen MR) is 150 cm³/mol. The van der Waals surface area contributed by atoms with Gasteiger partial charge in [0.15, 0.2) is 5.78 Å². The second-order valence-corrected chi connectivity index (χ2v) is 9.78. The molecule has 2 amide bonds. The van der Waals surface area contributed by atoms with Gasteiger partial charge in [0.1, 0.15) is 5.78 Å². The fourth-order valence-corrected chi connectivity index (χ4v) is 4.24. The summed E-state index contributed by atoms with van der Waals surface area (Å²) in [6.45, 7) is 4.16. The van der Waals surface area contributed by atoms with Crippen LogP contribution in [-0.2, 0) is 19.2 Å². The second-order valence-electron chi connectivity index (χ2n) is 9.78. The molecule has 0 aromatic carbocycles. The van der Waals surface area contributed by atoms with E-state index in [1.54, 1.807) is 14.1 Å². The van der Waals surface area contributed by atoms with E-state index in [9.17, 15) is 19.2 Å². The van der Waals surface area contributed by atoms with Crippen molar-refractivity contribution in [3.8, 4) is 0 Å². The topological polar surface area (TPSA) is 140 Å². The van der Waals surface area contributed by atoms with E-state index in [1.807, 2.05) is 14.1 Å². The molecule has 0 spiro atoms. The molecular weight excluding hydrogens is 472 g/mol. The number of carbonyl (C=O) groups is 4. The first-order valence-corrected chi connectivity index (χ1v) is 14.0. The zero-order valence-electron chi connectivity index (χ0n) is 24.0. The van der Waals surface area contributed by atoms with Crippen LogP contribution >= 0.6 is 0 Å². The number of Topliss-reactive ketones (excluding diaryl/α,β-unsaturated/α-hetero) is 2. The van der Waals surface area contributed by atoms with Gasteiger partial charge < -0.3 is 31.9 Å². The first-order chi connectivity index (χ1) is 17.8. The summed E-state index contributed by atoms with van der Waals surface area (Å²) in [5, 5.41) is 18.2. The number of hydrogen-bond donors (Lipinski definition) is 6. The zero-order valence-corrected chi connectivity index (χ0v) is 24.0. The van der Waals surface area contributed by atoms with Gasteiger partial charge in [-0.2, -0.15) is 0 Å². The van der Waals surface area contributed by atoms with Crippen molar-refractivity contribution in [1.29, 1.82) is 0 Å². The molecule has 37 heavy (non-hydrogen) atoms. The second kappa shape index (κ2) is 23.3. The first kappa shape index (κ1) is 35.1. The maximum atomic E-state index is 13.0. The Kier molecular flexibility index (Phi) is 22.1. The highest BCUT2D eigenvalue weighted by molar-refractivity contribution is 5.90. The maximum absolute atomic E-state index is 13.0. The van der Waals surface area contributed by atoms with Crippen LogP contribution in [0.2, 0.25) is 0 Å². The highest BCUT2D eigenvalue weighted by Crippen LogP contribution is 2.17. The lowest BCUT2D eigenvalue weighted by Gasteiger charge is -2.20. The Morgan fingerprint density at radius 3 is 1.65 bits per heavy atom. The third-order valence-corrected chi connectivity index (χ3v) is 6.61. The summed E-state index contributed by atoms with van der Waals surface area (Å²) in [6.07, 6.45) is 7.91. The van der Waals surface area contributed by atoms with Crippen molar-refractivity contribution in [2.24, 2.45) is 5.92 Å². The number of nitrogens with one attached hydrogen (secondary N) is 6. The lowest BCUT2D eigenvalue weighted by Crippen LogP contribution is -2.43. The normalized spacial score (nSPS) is 13.5. The van der Waals surface area contributed by atoms with E-state index in [1.165, 1.54) is 6.92 Å². The molecule has 0 saturated heterocycles. The van der Waals surface area contributed by atoms with Gasteiger partial charge >= 0.3 is 0 Å². The van der Waals surface area contributed by atoms with Gasteiger partial charge in [-0.25, -0.2) is 0 Å². The summed E-state index contributed by atoms with van der Waals surface area (Å²) < 4.78 is 0. The minimum Gasteiger partial charge on any atom is -0.355 e. The van der Waals surface area contributed by atoms with Crippen molar-refractivity contribution in [2.45, 2.75) is 89.6 Å². The van der Waals surface area contributed by atoms with Gasteiger partial charge in [0.25, 0.3) is 0 Å². The lowest BCUT2D eigenvalue weighted by atomic mass is 9.91. The Bertz CT molecular complexity index is 646. The van der Waals surface area contributed by atoms with Crippen LogP contribution in [-0.4, -0.2) is 89.8 Å². The average molecular weight is 527 g/mol. The number of ketones is 2. The molecule has 6 N–H and O–H groups in total. The van der Waals surface area contributed by atoms with Crippen molar-refractivity contribution >= 4 is 23.4 Å². The maximum Gasteiger partial charge on any atom is 0.237 e. The smallest absolute Gasteiger partial charge is 0.237 e. The Labute approximate surface area is 224 Å². The van der Waals surface area contributed by atoms with Crippen molar-refractivity contribution in [3.05, 3.63) is 0 Å². The minimum atomic E-state index is -0.444. The number of unbranched alkanes of at least 4 members (excludes halogenated alkanes) is 3. The summed E-state index contributed by atoms with van der Waals surface area (Å²) in [5.74, 6) is -0.568. The van der Waals surface area contributed by atoms with E-state index in [4.69, 9.17) is 0 Å². The fraction of sp³-hybridized carbons (Fsp3) is 0.852. The molecule has 0 aliphatic rings. The molecule has 0 fully saturated rings. The Balaban J connectivity index is 4.73. The minimum absolute atomic E-state index is 0.00389. The van der Waals surface area contributed by atoms with E-state index in [0.29, 0.717) is 13.0 Å². The van der Waals surface area contributed by atoms with Gasteiger partial charge in [0.05, 0.1) is 12.1 Å². The molecule has 0 aromatic rings. The van der Waals surface area contributed by atoms with Crippen molar-refractivity contribution < 1.29 is 19.2 Å². The summed E-state index contributed by atoms with van der Waals surface area (Å²) >= 11 is 0. The van der Waals surface area contributed by atoms with E-state index in [-0.39, 0.29) is 54.9 Å². The molecular formula is C27H54N6O4. The average Bonchev–Trinajstić information content (AvgIpc) is 2.87. The highest BCUT2D eigenvalue weighted by atomic mass is 16.2. The van der Waals surface area contributed by atoms with Crippen LogP contribution in [0.15, 0.2) is 0 Å². The van der Waals surface area contributed by atoms with E-state index in [2.05, 4.69) is 31.9 Å². The standard InChI is InChI=1S/C27H54N6O4/c1-21(34)15-19-33-26(36)22(20-25(35)23(30-4)13-7-9-16-28-2)12-6-11-18-32-27(37)24(31-5)14-8-10-17-29-3/h22-24,28-31H,6-20H2,1-5H3,(H,32,37)(H,33,36)/t22-,23+,24+/m1/s1. The lowest BCUT2D eigenvalue weighted by molar-refractivity contribution is -0.130. The number of hydrogen-bond acceptors (Lipinski definition) is 8. The van der Waals surface area contributed by atoms with Gasteiger partial charge in [-0.3, -0.25) is 19.2 Å². The van der Waals surface area contributed by atoms with E-state index < -0.39 is 5.92 Å². The summed E-state index contributed by atoms with van der Waals surface area (Å²) in [4.78, 5) is 49.5. The Hall–Kier alpha value is -1.88. The number of likely N-dealkylation sites (N-methyl/N-ethyl adjacent to an activating group) is 2. The Morgan fingerprint density at radius 1 is 0.595 bits per heavy atom. The van der Waals surface area contributed by atoms with Crippen LogP contribution in [0, 0.1) is 5.92 Å². The van der Waals surface area contributed by atoms with Crippen LogP contribution in [0.25, 0.3) is 0 Å². The number of rotatable bonds is 25. The molecule has 0 aromatic heterocycles. The molecule has 0 saturated carbocycles. The third-order valence-electron chi connectivity index (χ3n) is 6.61. The van der Waals surface area contributed by atoms with Crippen LogP contribution < -0.4 is 31.9 Å². The highest BCUT2D eigenvalue weighted by Gasteiger charge is 2.25. The molecule has 10 nitrogen and oxygen atoms in total. The van der Waals surface area contributed by atoms with Crippen LogP contribution in [0.1, 0.15) is 77.6 Å². The molecule has 10 heteroatoms. The third kappa shape index (κ3) is 18.1. The molecule has 0 bridgehead atoms. The predicted octanol–water partition coefficient (Wildman–Crippen LogP) is 0.899. The van der Waals surface area contributed by atoms with Crippen molar-refractivity contribution in [2.75, 3.05) is 54.4 Å². The molecule has 0 rings (SSSR count). The van der Waals surface area contributed by atoms with Gasteiger partial charge in [-0.15, -0.1) is 0 Å². The Morgan fingerprint density at radius 2 is 1.11 bits per heavy atom. The number of carbonyl (C=O) groups excluding carboxylic acids is 4. The van der Waals surface area contributed by atoms with Crippen molar-refractivity contribution in [3.63, 3.8) is 0 Å². The van der Waals surface area contributed by atoms with E-state index in [0.717, 1.165) is 64.5 Å². The molecule has 0 aliphatic carbocycles. The molecule has 3 atom stereocenters. The van der Waals surface area contributed by atoms with Crippen LogP contribution in [0.4, 0.5) is 0 Å². The van der Waals surface area contributed by atoms with Gasteiger partial charge in [0.2, 0.25) is 11.8 Å². The molecule has 0 unspecified atom stereocenters. The molecule has 0 heterocycles.